The van der Waals surface area contributed by atoms with Gasteiger partial charge in [0, 0.05) is 45.1 Å². The van der Waals surface area contributed by atoms with E-state index < -0.39 is 0 Å². The second kappa shape index (κ2) is 10.5. The van der Waals surface area contributed by atoms with Crippen LogP contribution >= 0.6 is 0 Å². The van der Waals surface area contributed by atoms with Crippen LogP contribution in [-0.4, -0.2) is 18.8 Å². The van der Waals surface area contributed by atoms with Crippen molar-refractivity contribution in [3.05, 3.63) is 157 Å². The number of fused-ring (bicyclic) bond motifs is 12. The predicted octanol–water partition coefficient (Wildman–Crippen LogP) is 11.3. The van der Waals surface area contributed by atoms with Crippen molar-refractivity contribution in [2.24, 2.45) is 0 Å². The van der Waals surface area contributed by atoms with Gasteiger partial charge in [-0.15, -0.1) is 0 Å². The fourth-order valence-electron chi connectivity index (χ4n) is 7.78. The van der Waals surface area contributed by atoms with Crippen LogP contribution in [-0.2, 0) is 0 Å². The minimum Gasteiger partial charge on any atom is -0.457 e. The second-order valence-electron chi connectivity index (χ2n) is 12.8. The molecule has 0 N–H and O–H groups in total. The molecule has 0 spiro atoms. The minimum absolute atomic E-state index is 0.756. The largest absolute Gasteiger partial charge is 0.457 e. The summed E-state index contributed by atoms with van der Waals surface area (Å²) in [5.41, 5.74) is 11.2. The van der Waals surface area contributed by atoms with Crippen molar-refractivity contribution in [3.63, 3.8) is 0 Å². The van der Waals surface area contributed by atoms with Crippen molar-refractivity contribution in [2.75, 3.05) is 0 Å². The molecular formula is C44H30N4O. The van der Waals surface area contributed by atoms with E-state index in [9.17, 15) is 0 Å². The van der Waals surface area contributed by atoms with Crippen molar-refractivity contribution in [1.82, 2.24) is 18.8 Å². The standard InChI is InChI=1S/C44H30N4O/c1-27-10-8-11-28(2)41(27)40-26-46-44-38-25-31(18-20-33(38)35-14-6-7-17-39(35)48(40)44)49-30-19-21-34-36-16-9-15-32(29-12-4-3-5-13-29)42(36)47-23-22-45-43(47)37(34)24-30/h3-26H,1-2H3. The van der Waals surface area contributed by atoms with E-state index in [1.165, 1.54) is 38.6 Å². The number of aryl methyl sites for hydroxylation is 2. The Kier molecular flexibility index (Phi) is 5.94. The Morgan fingerprint density at radius 2 is 1.22 bits per heavy atom. The molecule has 0 saturated carbocycles. The fraction of sp³-hybridized carbons (Fsp3) is 0.0455. The van der Waals surface area contributed by atoms with Gasteiger partial charge in [-0.2, -0.15) is 0 Å². The highest BCUT2D eigenvalue weighted by Gasteiger charge is 2.18. The molecule has 0 saturated heterocycles. The first-order valence-electron chi connectivity index (χ1n) is 16.6. The Morgan fingerprint density at radius 1 is 0.551 bits per heavy atom. The molecule has 0 amide bonds. The zero-order valence-corrected chi connectivity index (χ0v) is 27.1. The smallest absolute Gasteiger partial charge is 0.145 e. The molecule has 4 heterocycles. The number of hydrogen-bond donors (Lipinski definition) is 0. The SMILES string of the molecule is Cc1cccc(C)c1-c1cnc2c3cc(Oc4ccc5c(c4)c4nccn4c4c(-c6ccccc6)cccc54)ccc3c3ccccc3n12. The molecule has 0 atom stereocenters. The van der Waals surface area contributed by atoms with Gasteiger partial charge in [0.25, 0.3) is 0 Å². The van der Waals surface area contributed by atoms with Gasteiger partial charge < -0.3 is 4.74 Å². The molecule has 5 nitrogen and oxygen atoms in total. The van der Waals surface area contributed by atoms with Gasteiger partial charge in [0.1, 0.15) is 22.8 Å². The highest BCUT2D eigenvalue weighted by atomic mass is 16.5. The summed E-state index contributed by atoms with van der Waals surface area (Å²) in [7, 11) is 0. The monoisotopic (exact) mass is 630 g/mol. The molecule has 0 fully saturated rings. The summed E-state index contributed by atoms with van der Waals surface area (Å²) in [4.78, 5) is 9.85. The summed E-state index contributed by atoms with van der Waals surface area (Å²) in [6.45, 7) is 4.34. The maximum atomic E-state index is 6.64. The Balaban J connectivity index is 1.14. The number of hydrogen-bond acceptors (Lipinski definition) is 3. The van der Waals surface area contributed by atoms with Gasteiger partial charge in [-0.25, -0.2) is 9.97 Å². The molecule has 10 rings (SSSR count). The van der Waals surface area contributed by atoms with Crippen LogP contribution in [0.15, 0.2) is 146 Å². The molecule has 0 aliphatic carbocycles. The van der Waals surface area contributed by atoms with Gasteiger partial charge in [0.05, 0.1) is 22.9 Å². The number of para-hydroxylation sites is 2. The van der Waals surface area contributed by atoms with E-state index in [2.05, 4.69) is 150 Å². The summed E-state index contributed by atoms with van der Waals surface area (Å²) in [5.74, 6) is 1.51. The number of pyridine rings is 2. The third kappa shape index (κ3) is 4.12. The molecule has 10 aromatic rings. The zero-order chi connectivity index (χ0) is 32.6. The quantitative estimate of drug-likeness (QED) is 0.182. The molecular weight excluding hydrogens is 601 g/mol. The minimum atomic E-state index is 0.756. The average Bonchev–Trinajstić information content (AvgIpc) is 3.81. The molecule has 5 heteroatoms. The zero-order valence-electron chi connectivity index (χ0n) is 27.1. The highest BCUT2D eigenvalue weighted by molar-refractivity contribution is 6.15. The van der Waals surface area contributed by atoms with E-state index >= 15 is 0 Å². The summed E-state index contributed by atoms with van der Waals surface area (Å²) in [6.07, 6.45) is 5.93. The van der Waals surface area contributed by atoms with Gasteiger partial charge in [-0.1, -0.05) is 84.9 Å². The molecule has 0 aliphatic heterocycles. The van der Waals surface area contributed by atoms with Crippen LogP contribution in [0.4, 0.5) is 0 Å². The molecule has 6 aromatic carbocycles. The Labute approximate surface area is 282 Å². The molecule has 4 aromatic heterocycles. The predicted molar refractivity (Wildman–Crippen MR) is 201 cm³/mol. The van der Waals surface area contributed by atoms with Crippen LogP contribution in [0.5, 0.6) is 11.5 Å². The molecule has 0 aliphatic rings. The first-order chi connectivity index (χ1) is 24.1. The number of ether oxygens (including phenoxy) is 1. The Morgan fingerprint density at radius 3 is 2.02 bits per heavy atom. The van der Waals surface area contributed by atoms with Crippen LogP contribution in [0, 0.1) is 13.8 Å². The van der Waals surface area contributed by atoms with Gasteiger partial charge in [0.15, 0.2) is 0 Å². The number of nitrogens with zero attached hydrogens (tertiary/aromatic N) is 4. The molecule has 232 valence electrons. The summed E-state index contributed by atoms with van der Waals surface area (Å²) >= 11 is 0. The molecule has 0 unspecified atom stereocenters. The number of imidazole rings is 2. The van der Waals surface area contributed by atoms with E-state index in [1.54, 1.807) is 0 Å². The lowest BCUT2D eigenvalue weighted by Gasteiger charge is -2.15. The van der Waals surface area contributed by atoms with E-state index in [0.717, 1.165) is 61.1 Å². The van der Waals surface area contributed by atoms with Crippen molar-refractivity contribution in [3.8, 4) is 33.9 Å². The third-order valence-corrected chi connectivity index (χ3v) is 9.93. The van der Waals surface area contributed by atoms with E-state index in [-0.39, 0.29) is 0 Å². The number of rotatable bonds is 4. The van der Waals surface area contributed by atoms with Gasteiger partial charge >= 0.3 is 0 Å². The van der Waals surface area contributed by atoms with E-state index in [1.807, 2.05) is 18.6 Å². The lowest BCUT2D eigenvalue weighted by molar-refractivity contribution is 0.484. The van der Waals surface area contributed by atoms with Crippen molar-refractivity contribution < 1.29 is 4.74 Å². The van der Waals surface area contributed by atoms with E-state index in [4.69, 9.17) is 14.7 Å². The maximum Gasteiger partial charge on any atom is 0.145 e. The van der Waals surface area contributed by atoms with Gasteiger partial charge in [0.2, 0.25) is 0 Å². The van der Waals surface area contributed by atoms with Crippen LogP contribution in [0.2, 0.25) is 0 Å². The summed E-state index contributed by atoms with van der Waals surface area (Å²) < 4.78 is 11.1. The van der Waals surface area contributed by atoms with Crippen molar-refractivity contribution in [2.45, 2.75) is 13.8 Å². The highest BCUT2D eigenvalue weighted by Crippen LogP contribution is 2.40. The number of aromatic nitrogens is 4. The van der Waals surface area contributed by atoms with Crippen LogP contribution in [0.25, 0.3) is 77.0 Å². The molecule has 0 radical (unpaired) electrons. The Bertz CT molecular complexity index is 2920. The Hall–Kier alpha value is -6.46. The number of benzene rings is 6. The van der Waals surface area contributed by atoms with Crippen LogP contribution in [0.3, 0.4) is 0 Å². The van der Waals surface area contributed by atoms with Gasteiger partial charge in [-0.3, -0.25) is 8.80 Å². The second-order valence-corrected chi connectivity index (χ2v) is 12.8. The first-order valence-corrected chi connectivity index (χ1v) is 16.6. The molecule has 49 heavy (non-hydrogen) atoms. The fourth-order valence-corrected chi connectivity index (χ4v) is 7.78. The van der Waals surface area contributed by atoms with E-state index in [0.29, 0.717) is 0 Å². The van der Waals surface area contributed by atoms with Crippen LogP contribution < -0.4 is 4.74 Å². The van der Waals surface area contributed by atoms with Gasteiger partial charge in [-0.05, 0) is 83.8 Å². The maximum absolute atomic E-state index is 6.64. The summed E-state index contributed by atoms with van der Waals surface area (Å²) in [5, 5.41) is 6.73. The molecule has 0 bridgehead atoms. The summed E-state index contributed by atoms with van der Waals surface area (Å²) in [6, 6.07) is 44.8. The van der Waals surface area contributed by atoms with Crippen molar-refractivity contribution >= 4 is 54.6 Å². The van der Waals surface area contributed by atoms with Crippen molar-refractivity contribution in [1.29, 1.82) is 0 Å². The first kappa shape index (κ1) is 27.6. The topological polar surface area (TPSA) is 43.8 Å². The van der Waals surface area contributed by atoms with Crippen LogP contribution in [0.1, 0.15) is 11.1 Å². The normalized spacial score (nSPS) is 11.9. The lowest BCUT2D eigenvalue weighted by Crippen LogP contribution is -1.97. The average molecular weight is 631 g/mol. The third-order valence-electron chi connectivity index (χ3n) is 9.93. The lowest BCUT2D eigenvalue weighted by atomic mass is 9.98.